The van der Waals surface area contributed by atoms with Crippen molar-refractivity contribution in [2.45, 2.75) is 25.7 Å². The maximum absolute atomic E-state index is 12.9. The van der Waals surface area contributed by atoms with Gasteiger partial charge in [-0.3, -0.25) is 9.52 Å². The summed E-state index contributed by atoms with van der Waals surface area (Å²) in [5.41, 5.74) is 7.80. The average molecular weight is 461 g/mol. The van der Waals surface area contributed by atoms with Crippen LogP contribution in [0.15, 0.2) is 76.7 Å². The third kappa shape index (κ3) is 4.80. The van der Waals surface area contributed by atoms with Crippen molar-refractivity contribution in [1.29, 1.82) is 0 Å². The van der Waals surface area contributed by atoms with E-state index in [2.05, 4.69) is 20.2 Å². The first-order valence-corrected chi connectivity index (χ1v) is 11.8. The van der Waals surface area contributed by atoms with Gasteiger partial charge in [0.15, 0.2) is 0 Å². The maximum atomic E-state index is 12.9. The fraction of sp³-hybridized carbons (Fsp3) is 0.120. The summed E-state index contributed by atoms with van der Waals surface area (Å²) in [6.45, 7) is 5.71. The number of H-pyrrole nitrogens is 1. The Bertz CT molecular complexity index is 1490. The Morgan fingerprint density at radius 2 is 1.76 bits per heavy atom. The molecule has 0 unspecified atom stereocenters. The van der Waals surface area contributed by atoms with Crippen molar-refractivity contribution < 1.29 is 13.2 Å². The fourth-order valence-electron chi connectivity index (χ4n) is 3.62. The Morgan fingerprint density at radius 1 is 0.970 bits per heavy atom. The maximum Gasteiger partial charge on any atom is 0.271 e. The van der Waals surface area contributed by atoms with Gasteiger partial charge in [-0.2, -0.15) is 5.10 Å². The lowest BCUT2D eigenvalue weighted by molar-refractivity contribution is 0.0955. The molecule has 0 atom stereocenters. The van der Waals surface area contributed by atoms with Crippen molar-refractivity contribution in [2.24, 2.45) is 5.10 Å². The molecule has 1 aromatic heterocycles. The fourth-order valence-corrected chi connectivity index (χ4v) is 4.80. The molecule has 168 valence electrons. The number of fused-ring (bicyclic) bond motifs is 1. The van der Waals surface area contributed by atoms with E-state index in [4.69, 9.17) is 0 Å². The molecule has 0 saturated carbocycles. The number of nitrogens with one attached hydrogen (secondary N) is 3. The van der Waals surface area contributed by atoms with Crippen LogP contribution in [0.1, 0.15) is 32.7 Å². The highest BCUT2D eigenvalue weighted by Gasteiger charge is 2.17. The number of sulfonamides is 1. The predicted molar refractivity (Wildman–Crippen MR) is 131 cm³/mol. The molecular formula is C25H24N4O3S. The molecular weight excluding hydrogens is 436 g/mol. The Labute approximate surface area is 192 Å². The minimum Gasteiger partial charge on any atom is -0.358 e. The van der Waals surface area contributed by atoms with Gasteiger partial charge in [-0.15, -0.1) is 0 Å². The van der Waals surface area contributed by atoms with Crippen molar-refractivity contribution >= 4 is 38.7 Å². The summed E-state index contributed by atoms with van der Waals surface area (Å²) in [5.74, 6) is -0.507. The number of rotatable bonds is 6. The average Bonchev–Trinajstić information content (AvgIpc) is 3.11. The zero-order valence-corrected chi connectivity index (χ0v) is 19.3. The van der Waals surface area contributed by atoms with E-state index in [1.54, 1.807) is 12.3 Å². The van der Waals surface area contributed by atoms with Crippen LogP contribution in [-0.2, 0) is 10.0 Å². The van der Waals surface area contributed by atoms with E-state index < -0.39 is 15.9 Å². The van der Waals surface area contributed by atoms with E-state index in [9.17, 15) is 13.2 Å². The van der Waals surface area contributed by atoms with Gasteiger partial charge in [0.25, 0.3) is 15.9 Å². The molecule has 0 aliphatic heterocycles. The molecule has 0 saturated heterocycles. The lowest BCUT2D eigenvalue weighted by atomic mass is 10.1. The number of para-hydroxylation sites is 1. The van der Waals surface area contributed by atoms with Crippen LogP contribution in [0.2, 0.25) is 0 Å². The summed E-state index contributed by atoms with van der Waals surface area (Å²) >= 11 is 0. The summed E-state index contributed by atoms with van der Waals surface area (Å²) in [7, 11) is -3.86. The van der Waals surface area contributed by atoms with Crippen LogP contribution in [0.4, 0.5) is 5.69 Å². The third-order valence-electron chi connectivity index (χ3n) is 5.34. The number of benzene rings is 3. The van der Waals surface area contributed by atoms with E-state index in [1.807, 2.05) is 57.2 Å². The van der Waals surface area contributed by atoms with Crippen molar-refractivity contribution in [1.82, 2.24) is 10.4 Å². The molecule has 4 aromatic rings. The number of carbonyl (C=O) groups excluding carboxylic acids is 1. The Kier molecular flexibility index (Phi) is 6.02. The smallest absolute Gasteiger partial charge is 0.271 e. The van der Waals surface area contributed by atoms with Crippen molar-refractivity contribution in [3.63, 3.8) is 0 Å². The number of aromatic nitrogens is 1. The highest BCUT2D eigenvalue weighted by molar-refractivity contribution is 7.92. The monoisotopic (exact) mass is 460 g/mol. The molecule has 4 rings (SSSR count). The Balaban J connectivity index is 1.51. The van der Waals surface area contributed by atoms with Gasteiger partial charge in [-0.1, -0.05) is 42.0 Å². The van der Waals surface area contributed by atoms with Crippen LogP contribution >= 0.6 is 0 Å². The molecule has 1 amide bonds. The first-order valence-electron chi connectivity index (χ1n) is 10.4. The number of nitrogens with zero attached hydrogens (tertiary/aromatic N) is 1. The predicted octanol–water partition coefficient (Wildman–Crippen LogP) is 4.66. The molecule has 33 heavy (non-hydrogen) atoms. The third-order valence-corrected chi connectivity index (χ3v) is 6.70. The summed E-state index contributed by atoms with van der Waals surface area (Å²) in [5, 5.41) is 5.07. The largest absolute Gasteiger partial charge is 0.358 e. The number of aromatic amines is 1. The van der Waals surface area contributed by atoms with Gasteiger partial charge in [0.1, 0.15) is 0 Å². The zero-order valence-electron chi connectivity index (χ0n) is 18.5. The number of hydrogen-bond donors (Lipinski definition) is 3. The quantitative estimate of drug-likeness (QED) is 0.288. The number of hydrogen-bond acceptors (Lipinski definition) is 4. The van der Waals surface area contributed by atoms with Gasteiger partial charge < -0.3 is 4.98 Å². The van der Waals surface area contributed by atoms with E-state index in [0.29, 0.717) is 5.69 Å². The van der Waals surface area contributed by atoms with Crippen molar-refractivity contribution in [3.05, 3.63) is 94.7 Å². The molecule has 7 nitrogen and oxygen atoms in total. The van der Waals surface area contributed by atoms with Gasteiger partial charge in [-0.25, -0.2) is 13.8 Å². The second kappa shape index (κ2) is 8.91. The lowest BCUT2D eigenvalue weighted by Crippen LogP contribution is -2.19. The molecule has 3 aromatic carbocycles. The standard InChI is InChI=1S/C25H24N4O3S/c1-16-11-12-23(17(2)13-16)29-33(31,32)20-8-6-7-19(14-20)25(30)28-26-15-22-18(3)27-24-10-5-4-9-21(22)24/h4-15,27,29H,1-3H3,(H,28,30)/b26-15+. The van der Waals surface area contributed by atoms with Crippen LogP contribution < -0.4 is 10.1 Å². The van der Waals surface area contributed by atoms with Crippen molar-refractivity contribution in [3.8, 4) is 0 Å². The van der Waals surface area contributed by atoms with Crippen molar-refractivity contribution in [2.75, 3.05) is 4.72 Å². The van der Waals surface area contributed by atoms with Gasteiger partial charge >= 0.3 is 0 Å². The number of amides is 1. The Hall–Kier alpha value is -3.91. The van der Waals surface area contributed by atoms with Gasteiger partial charge in [-0.05, 0) is 56.7 Å². The summed E-state index contributed by atoms with van der Waals surface area (Å²) in [6.07, 6.45) is 1.58. The van der Waals surface area contributed by atoms with Gasteiger partial charge in [0, 0.05) is 27.7 Å². The molecule has 0 bridgehead atoms. The van der Waals surface area contributed by atoms with Crippen LogP contribution in [0.5, 0.6) is 0 Å². The molecule has 0 fully saturated rings. The molecule has 1 heterocycles. The molecule has 3 N–H and O–H groups in total. The van der Waals surface area contributed by atoms with Gasteiger partial charge in [0.2, 0.25) is 0 Å². The number of aryl methyl sites for hydroxylation is 3. The molecule has 0 aliphatic carbocycles. The first-order chi connectivity index (χ1) is 15.7. The number of carbonyl (C=O) groups is 1. The molecule has 0 radical (unpaired) electrons. The minimum absolute atomic E-state index is 0.00780. The minimum atomic E-state index is -3.86. The van der Waals surface area contributed by atoms with Gasteiger partial charge in [0.05, 0.1) is 16.8 Å². The SMILES string of the molecule is Cc1ccc(NS(=O)(=O)c2cccc(C(=O)N/N=C/c3c(C)[nH]c4ccccc34)c2)c(C)c1. The highest BCUT2D eigenvalue weighted by atomic mass is 32.2. The molecule has 8 heteroatoms. The van der Waals surface area contributed by atoms with E-state index in [1.165, 1.54) is 24.3 Å². The number of anilines is 1. The van der Waals surface area contributed by atoms with Crippen LogP contribution in [0.3, 0.4) is 0 Å². The second-order valence-corrected chi connectivity index (χ2v) is 9.54. The Morgan fingerprint density at radius 3 is 2.55 bits per heavy atom. The highest BCUT2D eigenvalue weighted by Crippen LogP contribution is 2.22. The summed E-state index contributed by atoms with van der Waals surface area (Å²) < 4.78 is 28.3. The lowest BCUT2D eigenvalue weighted by Gasteiger charge is -2.12. The van der Waals surface area contributed by atoms with E-state index in [-0.39, 0.29) is 10.5 Å². The summed E-state index contributed by atoms with van der Waals surface area (Å²) in [4.78, 5) is 15.9. The van der Waals surface area contributed by atoms with Crippen LogP contribution in [0, 0.1) is 20.8 Å². The van der Waals surface area contributed by atoms with Crippen LogP contribution in [0.25, 0.3) is 10.9 Å². The first kappa shape index (κ1) is 22.3. The van der Waals surface area contributed by atoms with E-state index >= 15 is 0 Å². The molecule has 0 spiro atoms. The number of hydrazone groups is 1. The normalized spacial score (nSPS) is 11.7. The zero-order chi connectivity index (χ0) is 23.6. The summed E-state index contributed by atoms with van der Waals surface area (Å²) in [6, 6.07) is 19.1. The topological polar surface area (TPSA) is 103 Å². The second-order valence-electron chi connectivity index (χ2n) is 7.86. The molecule has 0 aliphatic rings. The van der Waals surface area contributed by atoms with E-state index in [0.717, 1.165) is 33.3 Å². The van der Waals surface area contributed by atoms with Crippen LogP contribution in [-0.4, -0.2) is 25.5 Å².